The Bertz CT molecular complexity index is 667. The van der Waals surface area contributed by atoms with E-state index in [9.17, 15) is 9.59 Å². The van der Waals surface area contributed by atoms with Crippen LogP contribution in [0.1, 0.15) is 46.1 Å². The van der Waals surface area contributed by atoms with E-state index in [2.05, 4.69) is 24.4 Å². The Labute approximate surface area is 143 Å². The fourth-order valence-corrected chi connectivity index (χ4v) is 2.80. The van der Waals surface area contributed by atoms with Gasteiger partial charge in [-0.15, -0.1) is 0 Å². The molecule has 2 amide bonds. The van der Waals surface area contributed by atoms with Gasteiger partial charge in [-0.25, -0.2) is 5.43 Å². The van der Waals surface area contributed by atoms with Gasteiger partial charge in [-0.05, 0) is 24.5 Å². The van der Waals surface area contributed by atoms with Crippen molar-refractivity contribution >= 4 is 28.9 Å². The van der Waals surface area contributed by atoms with Crippen molar-refractivity contribution in [2.45, 2.75) is 40.5 Å². The van der Waals surface area contributed by atoms with Crippen molar-refractivity contribution in [2.75, 3.05) is 17.2 Å². The van der Waals surface area contributed by atoms with Crippen LogP contribution in [0.3, 0.4) is 0 Å². The van der Waals surface area contributed by atoms with Gasteiger partial charge < -0.3 is 10.6 Å². The normalized spacial score (nSPS) is 17.5. The Hall–Kier alpha value is -2.37. The molecule has 1 heterocycles. The number of nitrogens with zero attached hydrogens (tertiary/aromatic N) is 2. The van der Waals surface area contributed by atoms with Crippen molar-refractivity contribution in [1.29, 1.82) is 0 Å². The lowest BCUT2D eigenvalue weighted by Crippen LogP contribution is -2.32. The van der Waals surface area contributed by atoms with Gasteiger partial charge in [0.05, 0.1) is 17.1 Å². The van der Waals surface area contributed by atoms with Crippen molar-refractivity contribution in [3.8, 4) is 0 Å². The average molecular weight is 330 g/mol. The van der Waals surface area contributed by atoms with Crippen LogP contribution in [0.4, 0.5) is 11.4 Å². The molecule has 1 atom stereocenters. The van der Waals surface area contributed by atoms with Gasteiger partial charge in [-0.1, -0.05) is 26.8 Å². The van der Waals surface area contributed by atoms with Gasteiger partial charge in [-0.3, -0.25) is 9.59 Å². The topological polar surface area (TPSA) is 87.8 Å². The van der Waals surface area contributed by atoms with Crippen LogP contribution in [-0.2, 0) is 9.59 Å². The first-order chi connectivity index (χ1) is 11.3. The van der Waals surface area contributed by atoms with Crippen LogP contribution in [0.2, 0.25) is 0 Å². The third-order valence-corrected chi connectivity index (χ3v) is 4.18. The van der Waals surface area contributed by atoms with Crippen LogP contribution in [0.5, 0.6) is 0 Å². The van der Waals surface area contributed by atoms with E-state index in [4.69, 9.17) is 5.73 Å². The van der Waals surface area contributed by atoms with E-state index in [1.54, 1.807) is 11.8 Å². The van der Waals surface area contributed by atoms with Crippen molar-refractivity contribution in [3.05, 3.63) is 23.8 Å². The zero-order valence-corrected chi connectivity index (χ0v) is 14.8. The number of hydrogen-bond acceptors (Lipinski definition) is 4. The number of carbonyl (C=O) groups excluding carboxylic acids is 2. The lowest BCUT2D eigenvalue weighted by molar-refractivity contribution is -0.122. The first-order valence-electron chi connectivity index (χ1n) is 8.34. The second-order valence-electron chi connectivity index (χ2n) is 6.76. The molecule has 0 bridgehead atoms. The minimum absolute atomic E-state index is 0.0225. The molecule has 0 fully saturated rings. The molecule has 1 aromatic rings. The minimum atomic E-state index is -0.0766. The standard InChI is InChI=1S/C18H26N4O2/c1-11(2)7-8-22(13(4)23)16-6-5-14(10-15(16)19)18-12(3)9-17(24)20-21-18/h5-6,10-12H,7-9,19H2,1-4H3,(H,20,24). The number of nitrogens with two attached hydrogens (primary N) is 1. The predicted octanol–water partition coefficient (Wildman–Crippen LogP) is 2.53. The summed E-state index contributed by atoms with van der Waals surface area (Å²) in [7, 11) is 0. The Balaban J connectivity index is 2.28. The van der Waals surface area contributed by atoms with E-state index >= 15 is 0 Å². The Kier molecular flexibility index (Phi) is 5.59. The highest BCUT2D eigenvalue weighted by Crippen LogP contribution is 2.27. The number of rotatable bonds is 5. The molecule has 2 rings (SSSR count). The van der Waals surface area contributed by atoms with E-state index in [1.807, 2.05) is 25.1 Å². The predicted molar refractivity (Wildman–Crippen MR) is 96.8 cm³/mol. The molecule has 130 valence electrons. The van der Waals surface area contributed by atoms with Gasteiger partial charge >= 0.3 is 0 Å². The first-order valence-corrected chi connectivity index (χ1v) is 8.34. The van der Waals surface area contributed by atoms with Crippen LogP contribution < -0.4 is 16.1 Å². The van der Waals surface area contributed by atoms with E-state index in [1.165, 1.54) is 0 Å². The number of hydrazone groups is 1. The molecule has 0 spiro atoms. The summed E-state index contributed by atoms with van der Waals surface area (Å²) in [5, 5.41) is 4.15. The third kappa shape index (κ3) is 4.13. The molecule has 1 aliphatic heterocycles. The molecule has 1 unspecified atom stereocenters. The maximum atomic E-state index is 12.0. The quantitative estimate of drug-likeness (QED) is 0.813. The Morgan fingerprint density at radius 3 is 2.71 bits per heavy atom. The van der Waals surface area contributed by atoms with E-state index in [0.29, 0.717) is 24.6 Å². The number of hydrogen-bond donors (Lipinski definition) is 2. The van der Waals surface area contributed by atoms with Gasteiger partial charge in [0.2, 0.25) is 11.8 Å². The second kappa shape index (κ2) is 7.47. The SMILES string of the molecule is CC(=O)N(CCC(C)C)c1ccc(C2=NNC(=O)CC2C)cc1N. The summed E-state index contributed by atoms with van der Waals surface area (Å²) in [6, 6.07) is 5.59. The number of benzene rings is 1. The largest absolute Gasteiger partial charge is 0.397 e. The van der Waals surface area contributed by atoms with Gasteiger partial charge in [0.1, 0.15) is 0 Å². The fraction of sp³-hybridized carbons (Fsp3) is 0.500. The summed E-state index contributed by atoms with van der Waals surface area (Å²) in [5.41, 5.74) is 11.7. The molecule has 1 aliphatic rings. The summed E-state index contributed by atoms with van der Waals surface area (Å²) >= 11 is 0. The maximum absolute atomic E-state index is 12.0. The lowest BCUT2D eigenvalue weighted by Gasteiger charge is -2.25. The number of carbonyl (C=O) groups is 2. The first kappa shape index (κ1) is 18.0. The molecule has 3 N–H and O–H groups in total. The maximum Gasteiger partial charge on any atom is 0.240 e. The van der Waals surface area contributed by atoms with Crippen molar-refractivity contribution in [3.63, 3.8) is 0 Å². The number of nitrogens with one attached hydrogen (secondary N) is 1. The molecule has 24 heavy (non-hydrogen) atoms. The summed E-state index contributed by atoms with van der Waals surface area (Å²) in [6.07, 6.45) is 1.32. The average Bonchev–Trinajstić information content (AvgIpc) is 2.48. The zero-order valence-electron chi connectivity index (χ0n) is 14.8. The smallest absolute Gasteiger partial charge is 0.240 e. The molecule has 0 saturated carbocycles. The molecule has 6 heteroatoms. The van der Waals surface area contributed by atoms with Crippen LogP contribution >= 0.6 is 0 Å². The minimum Gasteiger partial charge on any atom is -0.397 e. The van der Waals surface area contributed by atoms with Crippen molar-refractivity contribution in [2.24, 2.45) is 16.9 Å². The summed E-state index contributed by atoms with van der Waals surface area (Å²) < 4.78 is 0. The molecule has 0 aromatic heterocycles. The highest BCUT2D eigenvalue weighted by atomic mass is 16.2. The molecule has 0 aliphatic carbocycles. The number of nitrogen functional groups attached to an aromatic ring is 1. The summed E-state index contributed by atoms with van der Waals surface area (Å²) in [6.45, 7) is 8.41. The fourth-order valence-electron chi connectivity index (χ4n) is 2.80. The molecule has 0 saturated heterocycles. The second-order valence-corrected chi connectivity index (χ2v) is 6.76. The highest BCUT2D eigenvalue weighted by Gasteiger charge is 2.23. The number of anilines is 2. The Morgan fingerprint density at radius 2 is 2.17 bits per heavy atom. The number of amides is 2. The van der Waals surface area contributed by atoms with E-state index < -0.39 is 0 Å². The molecular weight excluding hydrogens is 304 g/mol. The zero-order chi connectivity index (χ0) is 17.9. The third-order valence-electron chi connectivity index (χ3n) is 4.18. The van der Waals surface area contributed by atoms with Crippen molar-refractivity contribution < 1.29 is 9.59 Å². The molecule has 0 radical (unpaired) electrons. The van der Waals surface area contributed by atoms with Gasteiger partial charge in [-0.2, -0.15) is 5.10 Å². The van der Waals surface area contributed by atoms with Crippen LogP contribution in [0.15, 0.2) is 23.3 Å². The van der Waals surface area contributed by atoms with Crippen LogP contribution in [-0.4, -0.2) is 24.1 Å². The van der Waals surface area contributed by atoms with E-state index in [-0.39, 0.29) is 17.7 Å². The van der Waals surface area contributed by atoms with E-state index in [0.717, 1.165) is 23.4 Å². The molecule has 1 aromatic carbocycles. The summed E-state index contributed by atoms with van der Waals surface area (Å²) in [4.78, 5) is 25.1. The molecular formula is C18H26N4O2. The van der Waals surface area contributed by atoms with Gasteiger partial charge in [0.25, 0.3) is 0 Å². The van der Waals surface area contributed by atoms with Crippen LogP contribution in [0, 0.1) is 11.8 Å². The monoisotopic (exact) mass is 330 g/mol. The highest BCUT2D eigenvalue weighted by molar-refractivity contribution is 6.07. The van der Waals surface area contributed by atoms with Gasteiger partial charge in [0, 0.05) is 31.4 Å². The summed E-state index contributed by atoms with van der Waals surface area (Å²) in [5.74, 6) is 0.445. The molecule has 6 nitrogen and oxygen atoms in total. The van der Waals surface area contributed by atoms with Crippen molar-refractivity contribution in [1.82, 2.24) is 5.43 Å². The Morgan fingerprint density at radius 1 is 1.46 bits per heavy atom. The van der Waals surface area contributed by atoms with Gasteiger partial charge in [0.15, 0.2) is 0 Å². The van der Waals surface area contributed by atoms with Crippen LogP contribution in [0.25, 0.3) is 0 Å². The lowest BCUT2D eigenvalue weighted by atomic mass is 9.93.